The number of anilines is 2. The number of rotatable bonds is 6. The van der Waals surface area contributed by atoms with Gasteiger partial charge in [-0.3, -0.25) is 0 Å². The minimum absolute atomic E-state index is 0.0127. The first-order valence-corrected chi connectivity index (χ1v) is 6.83. The van der Waals surface area contributed by atoms with Crippen molar-refractivity contribution >= 4 is 11.8 Å². The lowest BCUT2D eigenvalue weighted by Gasteiger charge is -2.37. The molecule has 1 fully saturated rings. The molecule has 1 aliphatic heterocycles. The van der Waals surface area contributed by atoms with E-state index in [1.807, 2.05) is 6.08 Å². The van der Waals surface area contributed by atoms with Gasteiger partial charge in [-0.2, -0.15) is 4.98 Å². The number of piperidine rings is 1. The first-order valence-electron chi connectivity index (χ1n) is 6.83. The van der Waals surface area contributed by atoms with Crippen LogP contribution in [0.3, 0.4) is 0 Å². The molecule has 1 saturated heterocycles. The van der Waals surface area contributed by atoms with Gasteiger partial charge in [0.05, 0.1) is 12.7 Å². The van der Waals surface area contributed by atoms with E-state index in [-0.39, 0.29) is 12.2 Å². The maximum atomic E-state index is 5.88. The van der Waals surface area contributed by atoms with Gasteiger partial charge in [-0.25, -0.2) is 4.98 Å². The molecule has 0 aromatic carbocycles. The molecular weight excluding hydrogens is 256 g/mol. The standard InChI is InChI=1S/C14H22N4O2/c1-3-4-9-20-12-10-18(8-6-11(12)19-2)14-16-7-5-13(15)17-14/h3,5,7,11-12H,1,4,6,8-10H2,2H3,(H2,15,16,17). The van der Waals surface area contributed by atoms with Gasteiger partial charge < -0.3 is 20.1 Å². The molecule has 6 nitrogen and oxygen atoms in total. The van der Waals surface area contributed by atoms with Crippen LogP contribution in [0.2, 0.25) is 0 Å². The normalized spacial score (nSPS) is 22.8. The van der Waals surface area contributed by atoms with Gasteiger partial charge in [0.2, 0.25) is 5.95 Å². The molecule has 2 unspecified atom stereocenters. The molecule has 6 heteroatoms. The van der Waals surface area contributed by atoms with Crippen molar-refractivity contribution in [3.63, 3.8) is 0 Å². The summed E-state index contributed by atoms with van der Waals surface area (Å²) in [5.74, 6) is 1.13. The highest BCUT2D eigenvalue weighted by Crippen LogP contribution is 2.21. The third-order valence-electron chi connectivity index (χ3n) is 3.40. The van der Waals surface area contributed by atoms with Gasteiger partial charge >= 0.3 is 0 Å². The Morgan fingerprint density at radius 2 is 2.40 bits per heavy atom. The molecular formula is C14H22N4O2. The first-order chi connectivity index (χ1) is 9.74. The Bertz CT molecular complexity index is 441. The monoisotopic (exact) mass is 278 g/mol. The summed E-state index contributed by atoms with van der Waals surface area (Å²) in [6.07, 6.45) is 5.36. The number of nitrogens with two attached hydrogens (primary N) is 1. The smallest absolute Gasteiger partial charge is 0.227 e. The highest BCUT2D eigenvalue weighted by Gasteiger charge is 2.31. The van der Waals surface area contributed by atoms with E-state index in [0.29, 0.717) is 24.9 Å². The molecule has 2 heterocycles. The summed E-state index contributed by atoms with van der Waals surface area (Å²) in [6, 6.07) is 1.68. The first kappa shape index (κ1) is 14.7. The zero-order valence-corrected chi connectivity index (χ0v) is 11.9. The highest BCUT2D eigenvalue weighted by molar-refractivity contribution is 5.38. The van der Waals surface area contributed by atoms with Gasteiger partial charge in [0, 0.05) is 26.4 Å². The van der Waals surface area contributed by atoms with Crippen LogP contribution >= 0.6 is 0 Å². The Morgan fingerprint density at radius 3 is 3.10 bits per heavy atom. The van der Waals surface area contributed by atoms with Crippen molar-refractivity contribution in [3.8, 4) is 0 Å². The highest BCUT2D eigenvalue weighted by atomic mass is 16.5. The van der Waals surface area contributed by atoms with E-state index in [1.165, 1.54) is 0 Å². The summed E-state index contributed by atoms with van der Waals surface area (Å²) >= 11 is 0. The van der Waals surface area contributed by atoms with E-state index in [0.717, 1.165) is 19.4 Å². The summed E-state index contributed by atoms with van der Waals surface area (Å²) in [5, 5.41) is 0. The fourth-order valence-corrected chi connectivity index (χ4v) is 2.32. The predicted octanol–water partition coefficient (Wildman–Crippen LogP) is 1.25. The number of methoxy groups -OCH3 is 1. The molecule has 0 aliphatic carbocycles. The number of nitrogen functional groups attached to an aromatic ring is 1. The average Bonchev–Trinajstić information content (AvgIpc) is 2.47. The van der Waals surface area contributed by atoms with Crippen molar-refractivity contribution in [3.05, 3.63) is 24.9 Å². The number of hydrogen-bond acceptors (Lipinski definition) is 6. The molecule has 0 bridgehead atoms. The molecule has 0 spiro atoms. The predicted molar refractivity (Wildman–Crippen MR) is 78.6 cm³/mol. The number of aromatic nitrogens is 2. The van der Waals surface area contributed by atoms with Crippen molar-refractivity contribution in [1.29, 1.82) is 0 Å². The van der Waals surface area contributed by atoms with Crippen LogP contribution in [0.4, 0.5) is 11.8 Å². The van der Waals surface area contributed by atoms with Crippen LogP contribution in [-0.4, -0.2) is 49.0 Å². The van der Waals surface area contributed by atoms with Crippen LogP contribution in [-0.2, 0) is 9.47 Å². The molecule has 0 saturated carbocycles. The lowest BCUT2D eigenvalue weighted by Crippen LogP contribution is -2.49. The molecule has 20 heavy (non-hydrogen) atoms. The fraction of sp³-hybridized carbons (Fsp3) is 0.571. The van der Waals surface area contributed by atoms with E-state index < -0.39 is 0 Å². The molecule has 110 valence electrons. The number of ether oxygens (including phenoxy) is 2. The topological polar surface area (TPSA) is 73.5 Å². The van der Waals surface area contributed by atoms with Crippen molar-refractivity contribution in [2.24, 2.45) is 0 Å². The quantitative estimate of drug-likeness (QED) is 0.623. The fourth-order valence-electron chi connectivity index (χ4n) is 2.32. The summed E-state index contributed by atoms with van der Waals surface area (Å²) in [7, 11) is 1.72. The second-order valence-electron chi connectivity index (χ2n) is 4.78. The van der Waals surface area contributed by atoms with Gasteiger partial charge in [-0.1, -0.05) is 6.08 Å². The Hall–Kier alpha value is -1.66. The molecule has 1 aromatic rings. The van der Waals surface area contributed by atoms with Crippen LogP contribution in [0.15, 0.2) is 24.9 Å². The minimum atomic E-state index is 0.0127. The second kappa shape index (κ2) is 7.21. The Morgan fingerprint density at radius 1 is 1.55 bits per heavy atom. The van der Waals surface area contributed by atoms with E-state index >= 15 is 0 Å². The molecule has 1 aromatic heterocycles. The molecule has 0 amide bonds. The summed E-state index contributed by atoms with van der Waals surface area (Å²) < 4.78 is 11.4. The molecule has 2 atom stereocenters. The zero-order valence-electron chi connectivity index (χ0n) is 11.9. The number of nitrogens with zero attached hydrogens (tertiary/aromatic N) is 3. The summed E-state index contributed by atoms with van der Waals surface area (Å²) in [6.45, 7) is 5.90. The van der Waals surface area contributed by atoms with Crippen LogP contribution < -0.4 is 10.6 Å². The van der Waals surface area contributed by atoms with E-state index in [9.17, 15) is 0 Å². The Kier molecular flexibility index (Phi) is 5.31. The van der Waals surface area contributed by atoms with Crippen molar-refractivity contribution in [1.82, 2.24) is 9.97 Å². The van der Waals surface area contributed by atoms with E-state index in [1.54, 1.807) is 19.4 Å². The van der Waals surface area contributed by atoms with Gasteiger partial charge in [-0.05, 0) is 18.9 Å². The summed E-state index contributed by atoms with van der Waals surface area (Å²) in [4.78, 5) is 10.6. The van der Waals surface area contributed by atoms with Gasteiger partial charge in [0.1, 0.15) is 11.9 Å². The third-order valence-corrected chi connectivity index (χ3v) is 3.40. The van der Waals surface area contributed by atoms with Crippen molar-refractivity contribution in [2.75, 3.05) is 37.4 Å². The van der Waals surface area contributed by atoms with Crippen LogP contribution in [0, 0.1) is 0 Å². The largest absolute Gasteiger partial charge is 0.384 e. The second-order valence-corrected chi connectivity index (χ2v) is 4.78. The van der Waals surface area contributed by atoms with E-state index in [2.05, 4.69) is 21.4 Å². The van der Waals surface area contributed by atoms with Gasteiger partial charge in [0.15, 0.2) is 0 Å². The molecule has 1 aliphatic rings. The van der Waals surface area contributed by atoms with Gasteiger partial charge in [0.25, 0.3) is 0 Å². The molecule has 2 N–H and O–H groups in total. The zero-order chi connectivity index (χ0) is 14.4. The Balaban J connectivity index is 2.01. The van der Waals surface area contributed by atoms with E-state index in [4.69, 9.17) is 15.2 Å². The molecule has 0 radical (unpaired) electrons. The van der Waals surface area contributed by atoms with Crippen molar-refractivity contribution in [2.45, 2.75) is 25.0 Å². The van der Waals surface area contributed by atoms with Crippen molar-refractivity contribution < 1.29 is 9.47 Å². The summed E-state index contributed by atoms with van der Waals surface area (Å²) in [5.41, 5.74) is 5.71. The Labute approximate surface area is 119 Å². The van der Waals surface area contributed by atoms with Crippen LogP contribution in [0.5, 0.6) is 0 Å². The number of hydrogen-bond donors (Lipinski definition) is 1. The maximum absolute atomic E-state index is 5.88. The van der Waals surface area contributed by atoms with Crippen LogP contribution in [0.1, 0.15) is 12.8 Å². The lowest BCUT2D eigenvalue weighted by atomic mass is 10.0. The SMILES string of the molecule is C=CCCOC1CN(c2nccc(N)n2)CCC1OC. The lowest BCUT2D eigenvalue weighted by molar-refractivity contribution is -0.0624. The van der Waals surface area contributed by atoms with Gasteiger partial charge in [-0.15, -0.1) is 6.58 Å². The third kappa shape index (κ3) is 3.68. The van der Waals surface area contributed by atoms with Crippen LogP contribution in [0.25, 0.3) is 0 Å². The minimum Gasteiger partial charge on any atom is -0.384 e. The average molecular weight is 278 g/mol. The maximum Gasteiger partial charge on any atom is 0.227 e. The molecule has 2 rings (SSSR count).